The van der Waals surface area contributed by atoms with Gasteiger partial charge in [-0.25, -0.2) is 17.7 Å². The molecule has 4 rings (SSSR count). The van der Waals surface area contributed by atoms with Gasteiger partial charge in [-0.3, -0.25) is 14.5 Å². The van der Waals surface area contributed by atoms with Crippen molar-refractivity contribution in [3.8, 4) is 0 Å². The van der Waals surface area contributed by atoms with Gasteiger partial charge in [0.15, 0.2) is 0 Å². The largest absolute Gasteiger partial charge is 0.326 e. The molecule has 3 aromatic rings. The van der Waals surface area contributed by atoms with Crippen LogP contribution >= 0.6 is 23.1 Å². The number of carbonyl (C=O) groups is 2. The van der Waals surface area contributed by atoms with Crippen LogP contribution in [0.15, 0.2) is 45.5 Å². The van der Waals surface area contributed by atoms with E-state index in [4.69, 9.17) is 0 Å². The average Bonchev–Trinajstić information content (AvgIpc) is 3.44. The van der Waals surface area contributed by atoms with Gasteiger partial charge in [0.25, 0.3) is 11.1 Å². The Morgan fingerprint density at radius 1 is 1.19 bits per heavy atom. The highest BCUT2D eigenvalue weighted by Crippen LogP contribution is 2.34. The number of amides is 2. The van der Waals surface area contributed by atoms with Crippen LogP contribution in [0.4, 0.5) is 4.79 Å². The average molecular weight is 491 g/mol. The molecule has 0 aliphatic carbocycles. The van der Waals surface area contributed by atoms with E-state index in [1.54, 1.807) is 18.2 Å². The monoisotopic (exact) mass is 490 g/mol. The maximum Gasteiger partial charge on any atom is 0.293 e. The molecule has 8 nitrogen and oxygen atoms in total. The standard InChI is InChI=1S/C21H22N4O4S3/c1-4-9-24-17-8-7-15(32(28,29)23(2)3)12-16(17)22-19(24)13-25-20(26)18(31-21(25)27)11-14-6-5-10-30-14/h5-8,10-12H,4,9,13H2,1-3H3/b18-11+. The van der Waals surface area contributed by atoms with Crippen LogP contribution in [0.25, 0.3) is 17.1 Å². The summed E-state index contributed by atoms with van der Waals surface area (Å²) in [4.78, 5) is 32.7. The smallest absolute Gasteiger partial charge is 0.293 e. The van der Waals surface area contributed by atoms with E-state index in [1.165, 1.54) is 36.4 Å². The Morgan fingerprint density at radius 2 is 1.97 bits per heavy atom. The summed E-state index contributed by atoms with van der Waals surface area (Å²) >= 11 is 2.41. The van der Waals surface area contributed by atoms with Crippen LogP contribution in [0, 0.1) is 0 Å². The number of thioether (sulfide) groups is 1. The molecule has 2 amide bonds. The lowest BCUT2D eigenvalue weighted by molar-refractivity contribution is -0.123. The fourth-order valence-corrected chi connectivity index (χ4v) is 5.89. The van der Waals surface area contributed by atoms with E-state index in [0.29, 0.717) is 22.8 Å². The van der Waals surface area contributed by atoms with Gasteiger partial charge in [-0.1, -0.05) is 13.0 Å². The Morgan fingerprint density at radius 3 is 2.62 bits per heavy atom. The SMILES string of the molecule is CCCn1c(CN2C(=O)S/C(=C/c3cccs3)C2=O)nc2cc(S(=O)(=O)N(C)C)ccc21. The van der Waals surface area contributed by atoms with Crippen LogP contribution in [0.3, 0.4) is 0 Å². The number of hydrogen-bond acceptors (Lipinski definition) is 7. The second-order valence-corrected chi connectivity index (χ2v) is 11.5. The molecule has 1 saturated heterocycles. The van der Waals surface area contributed by atoms with Crippen molar-refractivity contribution in [1.29, 1.82) is 0 Å². The zero-order valence-electron chi connectivity index (χ0n) is 17.8. The van der Waals surface area contributed by atoms with Gasteiger partial charge >= 0.3 is 0 Å². The third-order valence-corrected chi connectivity index (χ3v) is 8.55. The van der Waals surface area contributed by atoms with Crippen molar-refractivity contribution in [1.82, 2.24) is 18.8 Å². The fourth-order valence-electron chi connectivity index (χ4n) is 3.40. The molecule has 0 bridgehead atoms. The molecule has 0 unspecified atom stereocenters. The van der Waals surface area contributed by atoms with Gasteiger partial charge in [0.2, 0.25) is 10.0 Å². The molecule has 2 aromatic heterocycles. The molecular weight excluding hydrogens is 468 g/mol. The molecule has 0 saturated carbocycles. The van der Waals surface area contributed by atoms with Crippen LogP contribution in [0.5, 0.6) is 0 Å². The van der Waals surface area contributed by atoms with Crippen LogP contribution in [0.2, 0.25) is 0 Å². The predicted octanol–water partition coefficient (Wildman–Crippen LogP) is 3.99. The number of imidazole rings is 1. The number of nitrogens with zero attached hydrogens (tertiary/aromatic N) is 4. The molecule has 0 spiro atoms. The molecule has 168 valence electrons. The third-order valence-electron chi connectivity index (χ3n) is 5.01. The van der Waals surface area contributed by atoms with Crippen molar-refractivity contribution in [3.05, 3.63) is 51.3 Å². The van der Waals surface area contributed by atoms with Crippen LogP contribution in [0.1, 0.15) is 24.0 Å². The molecule has 11 heteroatoms. The van der Waals surface area contributed by atoms with Crippen molar-refractivity contribution >= 4 is 61.4 Å². The Hall–Kier alpha value is -2.47. The van der Waals surface area contributed by atoms with Crippen molar-refractivity contribution in [2.45, 2.75) is 31.3 Å². The second-order valence-electron chi connectivity index (χ2n) is 7.40. The Bertz CT molecular complexity index is 1320. The number of fused-ring (bicyclic) bond motifs is 1. The normalized spacial score (nSPS) is 16.2. The van der Waals surface area contributed by atoms with Crippen LogP contribution in [-0.2, 0) is 27.9 Å². The van der Waals surface area contributed by atoms with Gasteiger partial charge in [-0.15, -0.1) is 11.3 Å². The molecule has 32 heavy (non-hydrogen) atoms. The number of benzene rings is 1. The number of thiophene rings is 1. The Kier molecular flexibility index (Phi) is 6.26. The number of hydrogen-bond donors (Lipinski definition) is 0. The summed E-state index contributed by atoms with van der Waals surface area (Å²) in [5, 5.41) is 1.57. The van der Waals surface area contributed by atoms with Gasteiger partial charge in [0.1, 0.15) is 5.82 Å². The maximum absolute atomic E-state index is 12.9. The van der Waals surface area contributed by atoms with Crippen LogP contribution < -0.4 is 0 Å². The van der Waals surface area contributed by atoms with E-state index in [0.717, 1.165) is 32.9 Å². The van der Waals surface area contributed by atoms with Gasteiger partial charge in [0, 0.05) is 25.5 Å². The molecule has 0 radical (unpaired) electrons. The lowest BCUT2D eigenvalue weighted by Gasteiger charge is -2.14. The summed E-state index contributed by atoms with van der Waals surface area (Å²) < 4.78 is 28.1. The predicted molar refractivity (Wildman–Crippen MR) is 127 cm³/mol. The minimum atomic E-state index is -3.60. The molecule has 0 atom stereocenters. The Balaban J connectivity index is 1.70. The number of aryl methyl sites for hydroxylation is 1. The first-order valence-electron chi connectivity index (χ1n) is 9.93. The van der Waals surface area contributed by atoms with E-state index in [9.17, 15) is 18.0 Å². The van der Waals surface area contributed by atoms with E-state index >= 15 is 0 Å². The maximum atomic E-state index is 12.9. The van der Waals surface area contributed by atoms with E-state index in [-0.39, 0.29) is 22.6 Å². The van der Waals surface area contributed by atoms with Crippen LogP contribution in [-0.4, -0.2) is 52.4 Å². The number of aromatic nitrogens is 2. The van der Waals surface area contributed by atoms with Gasteiger partial charge in [-0.05, 0) is 53.9 Å². The zero-order valence-corrected chi connectivity index (χ0v) is 20.3. The summed E-state index contributed by atoms with van der Waals surface area (Å²) in [7, 11) is -0.648. The number of sulfonamides is 1. The summed E-state index contributed by atoms with van der Waals surface area (Å²) in [5.41, 5.74) is 1.28. The topological polar surface area (TPSA) is 92.6 Å². The van der Waals surface area contributed by atoms with Gasteiger partial charge in [-0.2, -0.15) is 0 Å². The Labute approximate surface area is 194 Å². The molecule has 1 fully saturated rings. The zero-order chi connectivity index (χ0) is 23.0. The summed E-state index contributed by atoms with van der Waals surface area (Å²) in [5.74, 6) is 0.195. The first kappa shape index (κ1) is 22.7. The third kappa shape index (κ3) is 4.13. The van der Waals surface area contributed by atoms with Gasteiger partial charge in [0.05, 0.1) is 27.4 Å². The summed E-state index contributed by atoms with van der Waals surface area (Å²) in [6, 6.07) is 8.59. The number of rotatable bonds is 7. The van der Waals surface area contributed by atoms with Crippen molar-refractivity contribution < 1.29 is 18.0 Å². The molecule has 1 aliphatic heterocycles. The molecule has 0 N–H and O–H groups in total. The van der Waals surface area contributed by atoms with E-state index < -0.39 is 10.0 Å². The highest BCUT2D eigenvalue weighted by atomic mass is 32.2. The van der Waals surface area contributed by atoms with Gasteiger partial charge < -0.3 is 4.57 Å². The molecule has 1 aromatic carbocycles. The first-order chi connectivity index (χ1) is 15.2. The highest BCUT2D eigenvalue weighted by Gasteiger charge is 2.36. The minimum absolute atomic E-state index is 0.0247. The molecule has 3 heterocycles. The quantitative estimate of drug-likeness (QED) is 0.465. The number of imide groups is 1. The van der Waals surface area contributed by atoms with Crippen molar-refractivity contribution in [2.75, 3.05) is 14.1 Å². The minimum Gasteiger partial charge on any atom is -0.326 e. The van der Waals surface area contributed by atoms with Crippen molar-refractivity contribution in [2.24, 2.45) is 0 Å². The molecule has 1 aliphatic rings. The lowest BCUT2D eigenvalue weighted by atomic mass is 10.3. The van der Waals surface area contributed by atoms with E-state index in [1.807, 2.05) is 29.0 Å². The summed E-state index contributed by atoms with van der Waals surface area (Å²) in [6.07, 6.45) is 2.54. The summed E-state index contributed by atoms with van der Waals surface area (Å²) in [6.45, 7) is 2.67. The van der Waals surface area contributed by atoms with E-state index in [2.05, 4.69) is 4.98 Å². The lowest BCUT2D eigenvalue weighted by Crippen LogP contribution is -2.29. The first-order valence-corrected chi connectivity index (χ1v) is 13.1. The highest BCUT2D eigenvalue weighted by molar-refractivity contribution is 8.18. The molecular formula is C21H22N4O4S3. The second kappa shape index (κ2) is 8.81. The van der Waals surface area contributed by atoms with Crippen molar-refractivity contribution in [3.63, 3.8) is 0 Å². The fraction of sp³-hybridized carbons (Fsp3) is 0.286. The number of carbonyl (C=O) groups excluding carboxylic acids is 2.